The van der Waals surface area contributed by atoms with Crippen LogP contribution >= 0.6 is 15.9 Å². The van der Waals surface area contributed by atoms with E-state index in [0.717, 1.165) is 28.6 Å². The number of piperidine rings is 1. The Morgan fingerprint density at radius 1 is 1.18 bits per heavy atom. The molecule has 2 amide bonds. The highest BCUT2D eigenvalue weighted by atomic mass is 79.9. The molecular weight excluding hydrogens is 478 g/mol. The maximum absolute atomic E-state index is 13.0. The van der Waals surface area contributed by atoms with Gasteiger partial charge in [-0.1, -0.05) is 53.9 Å². The predicted octanol–water partition coefficient (Wildman–Crippen LogP) is 5.38. The van der Waals surface area contributed by atoms with Crippen molar-refractivity contribution in [3.8, 4) is 0 Å². The minimum Gasteiger partial charge on any atom is -0.352 e. The van der Waals surface area contributed by atoms with E-state index in [4.69, 9.17) is 0 Å². The van der Waals surface area contributed by atoms with Gasteiger partial charge in [0, 0.05) is 47.8 Å². The first-order valence-corrected chi connectivity index (χ1v) is 13.0. The molecule has 0 radical (unpaired) electrons. The smallest absolute Gasteiger partial charge is 0.254 e. The normalized spacial score (nSPS) is 18.4. The van der Waals surface area contributed by atoms with Gasteiger partial charge in [-0.25, -0.2) is 0 Å². The van der Waals surface area contributed by atoms with Crippen LogP contribution in [0.3, 0.4) is 0 Å². The van der Waals surface area contributed by atoms with Crippen LogP contribution in [-0.2, 0) is 13.1 Å². The number of halogens is 1. The summed E-state index contributed by atoms with van der Waals surface area (Å²) in [6.07, 6.45) is 7.39. The van der Waals surface area contributed by atoms with E-state index in [2.05, 4.69) is 33.1 Å². The molecule has 1 saturated heterocycles. The Bertz CT molecular complexity index is 991. The fourth-order valence-corrected chi connectivity index (χ4v) is 5.53. The van der Waals surface area contributed by atoms with E-state index in [0.29, 0.717) is 36.8 Å². The summed E-state index contributed by atoms with van der Waals surface area (Å²) in [4.78, 5) is 30.1. The molecule has 0 spiro atoms. The Labute approximate surface area is 205 Å². The molecule has 1 N–H and O–H groups in total. The lowest BCUT2D eigenvalue weighted by atomic mass is 9.98. The minimum absolute atomic E-state index is 0.00769. The molecule has 2 heterocycles. The average Bonchev–Trinajstić information content (AvgIpc) is 3.12. The lowest BCUT2D eigenvalue weighted by Crippen LogP contribution is -2.41. The van der Waals surface area contributed by atoms with Gasteiger partial charge in [0.15, 0.2) is 0 Å². The van der Waals surface area contributed by atoms with Gasteiger partial charge in [0.25, 0.3) is 11.8 Å². The topological polar surface area (TPSA) is 52.7 Å². The van der Waals surface area contributed by atoms with E-state index in [1.807, 2.05) is 41.3 Å². The summed E-state index contributed by atoms with van der Waals surface area (Å²) < 4.78 is 1.00. The second kappa shape index (κ2) is 11.3. The van der Waals surface area contributed by atoms with Crippen LogP contribution in [0.2, 0.25) is 0 Å². The number of nitrogens with zero attached hydrogens (tertiary/aromatic N) is 2. The number of benzene rings is 2. The summed E-state index contributed by atoms with van der Waals surface area (Å²) >= 11 is 3.49. The van der Waals surface area contributed by atoms with Gasteiger partial charge in [-0.2, -0.15) is 0 Å². The van der Waals surface area contributed by atoms with Gasteiger partial charge in [0.1, 0.15) is 0 Å². The van der Waals surface area contributed by atoms with Crippen molar-refractivity contribution in [3.63, 3.8) is 0 Å². The van der Waals surface area contributed by atoms with Gasteiger partial charge in [0.2, 0.25) is 0 Å². The fourth-order valence-electron chi connectivity index (χ4n) is 5.09. The van der Waals surface area contributed by atoms with Gasteiger partial charge in [0.05, 0.1) is 0 Å². The molecule has 0 aromatic heterocycles. The van der Waals surface area contributed by atoms with Crippen LogP contribution in [0.4, 0.5) is 0 Å². The summed E-state index contributed by atoms with van der Waals surface area (Å²) in [6.45, 7) is 6.28. The first-order chi connectivity index (χ1) is 16.0. The highest BCUT2D eigenvalue weighted by Gasteiger charge is 2.28. The average molecular weight is 512 g/mol. The van der Waals surface area contributed by atoms with Gasteiger partial charge in [-0.15, -0.1) is 0 Å². The van der Waals surface area contributed by atoms with Crippen molar-refractivity contribution in [1.82, 2.24) is 15.1 Å². The molecule has 2 aromatic rings. The molecule has 4 rings (SSSR count). The molecule has 33 heavy (non-hydrogen) atoms. The van der Waals surface area contributed by atoms with Crippen molar-refractivity contribution in [3.05, 3.63) is 69.2 Å². The third-order valence-corrected chi connectivity index (χ3v) is 7.29. The molecule has 1 atom stereocenters. The van der Waals surface area contributed by atoms with Crippen LogP contribution in [-0.4, -0.2) is 47.3 Å². The van der Waals surface area contributed by atoms with Crippen molar-refractivity contribution in [2.75, 3.05) is 19.6 Å². The van der Waals surface area contributed by atoms with Crippen molar-refractivity contribution in [2.24, 2.45) is 0 Å². The molecule has 0 saturated carbocycles. The summed E-state index contributed by atoms with van der Waals surface area (Å²) in [7, 11) is 0. The number of amides is 2. The standard InChI is InChI=1S/C27H34BrN3O2/c1-2-7-24-10-3-4-14-30(24)15-6-13-29-26(32)21-11-12-22-19-31(27(33)25(22)17-21)18-20-8-5-9-23(28)16-20/h5,8-9,11-12,16-17,24H,2-4,6-7,10,13-15,18-19H2,1H3,(H,29,32). The first kappa shape index (κ1) is 24.0. The molecule has 2 aliphatic rings. The largest absolute Gasteiger partial charge is 0.352 e. The molecule has 0 aliphatic carbocycles. The molecule has 2 aliphatic heterocycles. The highest BCUT2D eigenvalue weighted by molar-refractivity contribution is 9.10. The predicted molar refractivity (Wildman–Crippen MR) is 135 cm³/mol. The number of likely N-dealkylation sites (tertiary alicyclic amines) is 1. The van der Waals surface area contributed by atoms with Crippen LogP contribution in [0.15, 0.2) is 46.9 Å². The van der Waals surface area contributed by atoms with Crippen LogP contribution in [0.1, 0.15) is 77.3 Å². The molecule has 2 aromatic carbocycles. The Hall–Kier alpha value is -2.18. The zero-order valence-corrected chi connectivity index (χ0v) is 21.1. The van der Waals surface area contributed by atoms with Crippen molar-refractivity contribution < 1.29 is 9.59 Å². The number of hydrogen-bond donors (Lipinski definition) is 1. The van der Waals surface area contributed by atoms with E-state index in [1.165, 1.54) is 38.6 Å². The van der Waals surface area contributed by atoms with E-state index in [1.54, 1.807) is 6.07 Å². The van der Waals surface area contributed by atoms with Crippen LogP contribution in [0.25, 0.3) is 0 Å². The second-order valence-electron chi connectivity index (χ2n) is 9.25. The van der Waals surface area contributed by atoms with Gasteiger partial charge >= 0.3 is 0 Å². The number of rotatable bonds is 9. The van der Waals surface area contributed by atoms with E-state index >= 15 is 0 Å². The van der Waals surface area contributed by atoms with Gasteiger partial charge in [-0.3, -0.25) is 9.59 Å². The highest BCUT2D eigenvalue weighted by Crippen LogP contribution is 2.26. The second-order valence-corrected chi connectivity index (χ2v) is 10.2. The lowest BCUT2D eigenvalue weighted by molar-refractivity contribution is 0.0766. The van der Waals surface area contributed by atoms with Gasteiger partial charge in [-0.05, 0) is 67.6 Å². The number of hydrogen-bond acceptors (Lipinski definition) is 3. The Morgan fingerprint density at radius 2 is 2.06 bits per heavy atom. The minimum atomic E-state index is -0.0974. The number of nitrogens with one attached hydrogen (secondary N) is 1. The maximum Gasteiger partial charge on any atom is 0.254 e. The zero-order valence-electron chi connectivity index (χ0n) is 19.5. The molecular formula is C27H34BrN3O2. The van der Waals surface area contributed by atoms with E-state index in [-0.39, 0.29) is 11.8 Å². The summed E-state index contributed by atoms with van der Waals surface area (Å²) in [6, 6.07) is 14.2. The fraction of sp³-hybridized carbons (Fsp3) is 0.481. The number of carbonyl (C=O) groups is 2. The maximum atomic E-state index is 13.0. The van der Waals surface area contributed by atoms with Crippen molar-refractivity contribution in [2.45, 2.75) is 64.6 Å². The van der Waals surface area contributed by atoms with Crippen molar-refractivity contribution in [1.29, 1.82) is 0 Å². The van der Waals surface area contributed by atoms with Crippen LogP contribution in [0, 0.1) is 0 Å². The third-order valence-electron chi connectivity index (χ3n) is 6.79. The Morgan fingerprint density at radius 3 is 2.88 bits per heavy atom. The Kier molecular flexibility index (Phi) is 8.20. The quantitative estimate of drug-likeness (QED) is 0.459. The molecule has 0 bridgehead atoms. The lowest BCUT2D eigenvalue weighted by Gasteiger charge is -2.35. The van der Waals surface area contributed by atoms with Crippen LogP contribution in [0.5, 0.6) is 0 Å². The summed E-state index contributed by atoms with van der Waals surface area (Å²) in [5, 5.41) is 3.05. The molecule has 1 unspecified atom stereocenters. The van der Waals surface area contributed by atoms with Crippen molar-refractivity contribution >= 4 is 27.7 Å². The van der Waals surface area contributed by atoms with Gasteiger partial charge < -0.3 is 15.1 Å². The Balaban J connectivity index is 1.29. The zero-order chi connectivity index (χ0) is 23.2. The van der Waals surface area contributed by atoms with E-state index < -0.39 is 0 Å². The number of carbonyl (C=O) groups excluding carboxylic acids is 2. The molecule has 6 heteroatoms. The van der Waals surface area contributed by atoms with E-state index in [9.17, 15) is 9.59 Å². The van der Waals surface area contributed by atoms with Crippen LogP contribution < -0.4 is 5.32 Å². The SMILES string of the molecule is CCCC1CCCCN1CCCNC(=O)c1ccc2c(c1)C(=O)N(Cc1cccc(Br)c1)C2. The first-order valence-electron chi connectivity index (χ1n) is 12.2. The molecule has 1 fully saturated rings. The monoisotopic (exact) mass is 511 g/mol. The third kappa shape index (κ3) is 6.04. The molecule has 5 nitrogen and oxygen atoms in total. The number of fused-ring (bicyclic) bond motifs is 1. The summed E-state index contributed by atoms with van der Waals surface area (Å²) in [5.41, 5.74) is 3.28. The molecule has 176 valence electrons. The summed E-state index contributed by atoms with van der Waals surface area (Å²) in [5.74, 6) is -0.105.